The number of ether oxygens (including phenoxy) is 1. The maximum atomic E-state index is 12.2. The number of hydrogen-bond acceptors (Lipinski definition) is 4. The van der Waals surface area contributed by atoms with Gasteiger partial charge in [-0.2, -0.15) is 5.10 Å². The number of carbonyl (C=O) groups is 2. The summed E-state index contributed by atoms with van der Waals surface area (Å²) in [5, 5.41) is 4.00. The number of rotatable bonds is 6. The fourth-order valence-electron chi connectivity index (χ4n) is 2.60. The molecule has 0 unspecified atom stereocenters. The Morgan fingerprint density at radius 2 is 1.80 bits per heavy atom. The van der Waals surface area contributed by atoms with Crippen LogP contribution in [0.4, 0.5) is 0 Å². The van der Waals surface area contributed by atoms with Crippen molar-refractivity contribution in [3.8, 4) is 5.75 Å². The summed E-state index contributed by atoms with van der Waals surface area (Å²) in [7, 11) is 0. The standard InChI is InChI=1S/C24H19BrN2O3/c1-17-6-5-9-19(14-17)24(29)27-26-16-20-15-21(25)11-12-22(20)30-23(28)13-10-18-7-3-2-4-8-18/h2-16H,1H3,(H,27,29)/b13-10-,26-16?. The highest BCUT2D eigenvalue weighted by Crippen LogP contribution is 2.22. The summed E-state index contributed by atoms with van der Waals surface area (Å²) in [6.07, 6.45) is 4.47. The molecule has 0 aliphatic rings. The first-order chi connectivity index (χ1) is 14.5. The van der Waals surface area contributed by atoms with Crippen molar-refractivity contribution < 1.29 is 14.3 Å². The summed E-state index contributed by atoms with van der Waals surface area (Å²) in [4.78, 5) is 24.4. The van der Waals surface area contributed by atoms with Gasteiger partial charge in [-0.1, -0.05) is 64.0 Å². The molecule has 0 spiro atoms. The molecular weight excluding hydrogens is 444 g/mol. The highest BCUT2D eigenvalue weighted by Gasteiger charge is 2.08. The van der Waals surface area contributed by atoms with E-state index in [4.69, 9.17) is 4.74 Å². The van der Waals surface area contributed by atoms with Gasteiger partial charge in [-0.05, 0) is 48.9 Å². The Morgan fingerprint density at radius 3 is 2.57 bits per heavy atom. The number of aryl methyl sites for hydroxylation is 1. The van der Waals surface area contributed by atoms with Crippen LogP contribution >= 0.6 is 15.9 Å². The van der Waals surface area contributed by atoms with E-state index in [1.165, 1.54) is 12.3 Å². The Bertz CT molecular complexity index is 1110. The fourth-order valence-corrected chi connectivity index (χ4v) is 2.97. The van der Waals surface area contributed by atoms with Crippen LogP contribution in [0.1, 0.15) is 27.0 Å². The minimum atomic E-state index is -0.514. The molecule has 0 aromatic heterocycles. The van der Waals surface area contributed by atoms with Gasteiger partial charge in [0.2, 0.25) is 0 Å². The second kappa shape index (κ2) is 10.3. The Morgan fingerprint density at radius 1 is 1.00 bits per heavy atom. The third-order valence-electron chi connectivity index (χ3n) is 4.04. The second-order valence-electron chi connectivity index (χ2n) is 6.42. The van der Waals surface area contributed by atoms with Crippen molar-refractivity contribution in [1.29, 1.82) is 0 Å². The molecule has 1 amide bonds. The van der Waals surface area contributed by atoms with E-state index in [2.05, 4.69) is 26.5 Å². The second-order valence-corrected chi connectivity index (χ2v) is 7.33. The Labute approximate surface area is 183 Å². The SMILES string of the molecule is Cc1cccc(C(=O)NN=Cc2cc(Br)ccc2OC(=O)/C=C\c2ccccc2)c1. The summed E-state index contributed by atoms with van der Waals surface area (Å²) < 4.78 is 6.22. The number of amides is 1. The van der Waals surface area contributed by atoms with E-state index in [0.717, 1.165) is 15.6 Å². The number of nitrogens with one attached hydrogen (secondary N) is 1. The fraction of sp³-hybridized carbons (Fsp3) is 0.0417. The predicted molar refractivity (Wildman–Crippen MR) is 121 cm³/mol. The van der Waals surface area contributed by atoms with Gasteiger partial charge in [0.05, 0.1) is 6.21 Å². The lowest BCUT2D eigenvalue weighted by atomic mass is 10.1. The van der Waals surface area contributed by atoms with Gasteiger partial charge in [-0.15, -0.1) is 0 Å². The zero-order valence-electron chi connectivity index (χ0n) is 16.2. The molecule has 3 aromatic rings. The lowest BCUT2D eigenvalue weighted by molar-refractivity contribution is -0.128. The van der Waals surface area contributed by atoms with E-state index in [1.807, 2.05) is 49.4 Å². The third kappa shape index (κ3) is 6.25. The summed E-state index contributed by atoms with van der Waals surface area (Å²) >= 11 is 3.39. The first kappa shape index (κ1) is 21.2. The Hall–Kier alpha value is -3.51. The maximum absolute atomic E-state index is 12.2. The van der Waals surface area contributed by atoms with Crippen molar-refractivity contribution in [3.63, 3.8) is 0 Å². The predicted octanol–water partition coefficient (Wildman–Crippen LogP) is 5.14. The average Bonchev–Trinajstić information content (AvgIpc) is 2.75. The van der Waals surface area contributed by atoms with Gasteiger partial charge >= 0.3 is 5.97 Å². The van der Waals surface area contributed by atoms with E-state index in [-0.39, 0.29) is 5.91 Å². The summed E-state index contributed by atoms with van der Waals surface area (Å²) in [6, 6.07) is 21.8. The van der Waals surface area contributed by atoms with Crippen molar-refractivity contribution in [2.45, 2.75) is 6.92 Å². The smallest absolute Gasteiger partial charge is 0.336 e. The van der Waals surface area contributed by atoms with Crippen molar-refractivity contribution in [2.75, 3.05) is 0 Å². The Kier molecular flexibility index (Phi) is 7.29. The first-order valence-corrected chi connectivity index (χ1v) is 9.95. The van der Waals surface area contributed by atoms with Crippen LogP contribution in [0.25, 0.3) is 6.08 Å². The highest BCUT2D eigenvalue weighted by atomic mass is 79.9. The van der Waals surface area contributed by atoms with Gasteiger partial charge < -0.3 is 4.74 Å². The van der Waals surface area contributed by atoms with Crippen molar-refractivity contribution in [1.82, 2.24) is 5.43 Å². The average molecular weight is 463 g/mol. The quantitative estimate of drug-likeness (QED) is 0.181. The van der Waals surface area contributed by atoms with Crippen molar-refractivity contribution >= 4 is 40.1 Å². The molecule has 0 aliphatic heterocycles. The van der Waals surface area contributed by atoms with Crippen LogP contribution in [0, 0.1) is 6.92 Å². The summed E-state index contributed by atoms with van der Waals surface area (Å²) in [5.41, 5.74) is 5.41. The largest absolute Gasteiger partial charge is 0.423 e. The number of nitrogens with zero attached hydrogens (tertiary/aromatic N) is 1. The molecule has 0 heterocycles. The van der Waals surface area contributed by atoms with Crippen molar-refractivity contribution in [3.05, 3.63) is 106 Å². The molecule has 0 fully saturated rings. The molecule has 0 saturated carbocycles. The van der Waals surface area contributed by atoms with Gasteiger partial charge in [0.15, 0.2) is 0 Å². The molecule has 0 atom stereocenters. The molecule has 150 valence electrons. The van der Waals surface area contributed by atoms with Crippen LogP contribution < -0.4 is 10.2 Å². The van der Waals surface area contributed by atoms with Gasteiger partial charge in [0.1, 0.15) is 5.75 Å². The lowest BCUT2D eigenvalue weighted by Crippen LogP contribution is -2.17. The molecule has 5 nitrogen and oxygen atoms in total. The van der Waals surface area contributed by atoms with Crippen molar-refractivity contribution in [2.24, 2.45) is 5.10 Å². The number of carbonyl (C=O) groups excluding carboxylic acids is 2. The van der Waals surface area contributed by atoms with E-state index in [0.29, 0.717) is 16.9 Å². The molecule has 0 saturated heterocycles. The molecule has 1 N–H and O–H groups in total. The lowest BCUT2D eigenvalue weighted by Gasteiger charge is -2.06. The van der Waals surface area contributed by atoms with Gasteiger partial charge in [0.25, 0.3) is 5.91 Å². The van der Waals surface area contributed by atoms with E-state index in [1.54, 1.807) is 36.4 Å². The number of hydrogen-bond donors (Lipinski definition) is 1. The number of hydrazone groups is 1. The maximum Gasteiger partial charge on any atom is 0.336 e. The van der Waals surface area contributed by atoms with E-state index < -0.39 is 5.97 Å². The molecule has 6 heteroatoms. The zero-order valence-corrected chi connectivity index (χ0v) is 17.8. The molecule has 3 rings (SSSR count). The monoisotopic (exact) mass is 462 g/mol. The third-order valence-corrected chi connectivity index (χ3v) is 4.54. The first-order valence-electron chi connectivity index (χ1n) is 9.16. The topological polar surface area (TPSA) is 67.8 Å². The van der Waals surface area contributed by atoms with Crippen LogP contribution in [-0.2, 0) is 4.79 Å². The highest BCUT2D eigenvalue weighted by molar-refractivity contribution is 9.10. The normalized spacial score (nSPS) is 11.0. The molecule has 0 radical (unpaired) electrons. The van der Waals surface area contributed by atoms with Crippen LogP contribution in [0.15, 0.2) is 88.4 Å². The minimum Gasteiger partial charge on any atom is -0.423 e. The van der Waals surface area contributed by atoms with Crippen LogP contribution in [0.2, 0.25) is 0 Å². The molecule has 0 bridgehead atoms. The summed E-state index contributed by atoms with van der Waals surface area (Å²) in [6.45, 7) is 1.91. The van der Waals surface area contributed by atoms with Gasteiger partial charge in [-0.3, -0.25) is 4.79 Å². The van der Waals surface area contributed by atoms with Crippen LogP contribution in [-0.4, -0.2) is 18.1 Å². The van der Waals surface area contributed by atoms with Crippen LogP contribution in [0.3, 0.4) is 0 Å². The number of halogens is 1. The Balaban J connectivity index is 1.68. The van der Waals surface area contributed by atoms with E-state index in [9.17, 15) is 9.59 Å². The van der Waals surface area contributed by atoms with Gasteiger partial charge in [-0.25, -0.2) is 10.2 Å². The van der Waals surface area contributed by atoms with Gasteiger partial charge in [0, 0.05) is 21.7 Å². The van der Waals surface area contributed by atoms with Crippen LogP contribution in [0.5, 0.6) is 5.75 Å². The summed E-state index contributed by atoms with van der Waals surface area (Å²) in [5.74, 6) is -0.511. The molecule has 3 aromatic carbocycles. The molecular formula is C24H19BrN2O3. The zero-order chi connectivity index (χ0) is 21.3. The molecule has 0 aliphatic carbocycles. The van der Waals surface area contributed by atoms with E-state index >= 15 is 0 Å². The molecule has 30 heavy (non-hydrogen) atoms. The minimum absolute atomic E-state index is 0.325. The number of benzene rings is 3. The number of esters is 1.